The van der Waals surface area contributed by atoms with Crippen LogP contribution in [0.25, 0.3) is 0 Å². The van der Waals surface area contributed by atoms with Gasteiger partial charge in [-0.05, 0) is 6.42 Å². The molecule has 2 rings (SSSR count). The number of carbonyl (C=O) groups is 2. The molecule has 18 heavy (non-hydrogen) atoms. The van der Waals surface area contributed by atoms with Crippen molar-refractivity contribution < 1.29 is 9.59 Å². The predicted octanol–water partition coefficient (Wildman–Crippen LogP) is -0.823. The number of amides is 2. The Balaban J connectivity index is 2.27. The van der Waals surface area contributed by atoms with Crippen molar-refractivity contribution in [2.75, 3.05) is 11.4 Å². The van der Waals surface area contributed by atoms with Crippen LogP contribution in [0.15, 0.2) is 12.4 Å². The molecular formula is C11H15N5O2. The van der Waals surface area contributed by atoms with Crippen LogP contribution in [-0.4, -0.2) is 34.4 Å². The first kappa shape index (κ1) is 12.4. The highest BCUT2D eigenvalue weighted by Gasteiger charge is 2.33. The Morgan fingerprint density at radius 2 is 2.11 bits per heavy atom. The lowest BCUT2D eigenvalue weighted by atomic mass is 10.1. The number of nitrogens with zero attached hydrogens (tertiary/aromatic N) is 3. The third-order valence-electron chi connectivity index (χ3n) is 2.83. The maximum Gasteiger partial charge on any atom is 0.249 e. The average Bonchev–Trinajstić information content (AvgIpc) is 2.38. The normalized spacial score (nSPS) is 19.9. The van der Waals surface area contributed by atoms with Crippen molar-refractivity contribution in [3.8, 4) is 0 Å². The van der Waals surface area contributed by atoms with E-state index in [0.29, 0.717) is 18.9 Å². The summed E-state index contributed by atoms with van der Waals surface area (Å²) in [6.45, 7) is 2.32. The lowest BCUT2D eigenvalue weighted by Gasteiger charge is -2.33. The number of aromatic nitrogens is 2. The summed E-state index contributed by atoms with van der Waals surface area (Å²) < 4.78 is 0. The van der Waals surface area contributed by atoms with Crippen molar-refractivity contribution in [2.24, 2.45) is 5.73 Å². The molecule has 1 aliphatic heterocycles. The van der Waals surface area contributed by atoms with Crippen LogP contribution in [0.2, 0.25) is 0 Å². The van der Waals surface area contributed by atoms with Gasteiger partial charge >= 0.3 is 0 Å². The number of hydrogen-bond donors (Lipinski definition) is 2. The van der Waals surface area contributed by atoms with Crippen molar-refractivity contribution in [3.05, 3.63) is 18.0 Å². The number of imide groups is 1. The van der Waals surface area contributed by atoms with Crippen LogP contribution in [0.1, 0.15) is 18.9 Å². The molecule has 2 heterocycles. The Hall–Kier alpha value is -2.02. The van der Waals surface area contributed by atoms with Gasteiger partial charge in [0.25, 0.3) is 0 Å². The third-order valence-corrected chi connectivity index (χ3v) is 2.83. The first-order chi connectivity index (χ1) is 8.65. The largest absolute Gasteiger partial charge is 0.326 e. The molecule has 2 amide bonds. The summed E-state index contributed by atoms with van der Waals surface area (Å²) in [6, 6.07) is -0.411. The Bertz CT molecular complexity index is 459. The minimum atomic E-state index is -0.411. The summed E-state index contributed by atoms with van der Waals surface area (Å²) in [5.74, 6) is -0.265. The zero-order chi connectivity index (χ0) is 13.1. The standard InChI is InChI=1S/C11H15N5O2/c1-2-8-10(18)15-9(17)6-16(8)11-13-4-7(3-12)5-14-11/h4-5,8H,2-3,6,12H2,1H3,(H,15,17,18). The van der Waals surface area contributed by atoms with Crippen LogP contribution >= 0.6 is 0 Å². The van der Waals surface area contributed by atoms with Crippen molar-refractivity contribution in [3.63, 3.8) is 0 Å². The second-order valence-corrected chi connectivity index (χ2v) is 4.06. The topological polar surface area (TPSA) is 101 Å². The molecule has 0 bridgehead atoms. The van der Waals surface area contributed by atoms with Crippen molar-refractivity contribution in [1.82, 2.24) is 15.3 Å². The fraction of sp³-hybridized carbons (Fsp3) is 0.455. The highest BCUT2D eigenvalue weighted by atomic mass is 16.2. The predicted molar refractivity (Wildman–Crippen MR) is 64.5 cm³/mol. The smallest absolute Gasteiger partial charge is 0.249 e. The van der Waals surface area contributed by atoms with E-state index in [1.807, 2.05) is 6.92 Å². The molecule has 0 aliphatic carbocycles. The Morgan fingerprint density at radius 1 is 1.44 bits per heavy atom. The highest BCUT2D eigenvalue weighted by molar-refractivity contribution is 6.04. The van der Waals surface area contributed by atoms with Gasteiger partial charge in [0.1, 0.15) is 12.6 Å². The zero-order valence-electron chi connectivity index (χ0n) is 10.1. The van der Waals surface area contributed by atoms with Gasteiger partial charge < -0.3 is 10.6 Å². The maximum absolute atomic E-state index is 11.7. The maximum atomic E-state index is 11.7. The molecule has 1 unspecified atom stereocenters. The van der Waals surface area contributed by atoms with Gasteiger partial charge in [-0.3, -0.25) is 14.9 Å². The van der Waals surface area contributed by atoms with E-state index in [1.165, 1.54) is 0 Å². The molecule has 7 heteroatoms. The van der Waals surface area contributed by atoms with Gasteiger partial charge in [0.15, 0.2) is 0 Å². The third kappa shape index (κ3) is 2.30. The number of rotatable bonds is 3. The molecule has 1 atom stereocenters. The molecule has 0 spiro atoms. The van der Waals surface area contributed by atoms with E-state index < -0.39 is 6.04 Å². The molecular weight excluding hydrogens is 234 g/mol. The summed E-state index contributed by atoms with van der Waals surface area (Å²) in [4.78, 5) is 33.0. The van der Waals surface area contributed by atoms with E-state index >= 15 is 0 Å². The Kier molecular flexibility index (Phi) is 3.52. The molecule has 0 radical (unpaired) electrons. The van der Waals surface area contributed by atoms with E-state index in [4.69, 9.17) is 5.73 Å². The molecule has 1 saturated heterocycles. The van der Waals surface area contributed by atoms with Gasteiger partial charge in [0, 0.05) is 24.5 Å². The monoisotopic (exact) mass is 249 g/mol. The summed E-state index contributed by atoms with van der Waals surface area (Å²) in [7, 11) is 0. The molecule has 0 aromatic carbocycles. The molecule has 3 N–H and O–H groups in total. The number of piperazine rings is 1. The second-order valence-electron chi connectivity index (χ2n) is 4.06. The first-order valence-electron chi connectivity index (χ1n) is 5.77. The fourth-order valence-electron chi connectivity index (χ4n) is 1.88. The average molecular weight is 249 g/mol. The van der Waals surface area contributed by atoms with Crippen LogP contribution in [0, 0.1) is 0 Å². The van der Waals surface area contributed by atoms with Gasteiger partial charge in [-0.25, -0.2) is 9.97 Å². The van der Waals surface area contributed by atoms with Gasteiger partial charge in [-0.1, -0.05) is 6.92 Å². The van der Waals surface area contributed by atoms with Crippen molar-refractivity contribution in [1.29, 1.82) is 0 Å². The summed E-state index contributed by atoms with van der Waals surface area (Å²) >= 11 is 0. The van der Waals surface area contributed by atoms with Crippen molar-refractivity contribution in [2.45, 2.75) is 25.9 Å². The number of carbonyl (C=O) groups excluding carboxylic acids is 2. The molecule has 96 valence electrons. The van der Waals surface area contributed by atoms with Crippen LogP contribution in [0.3, 0.4) is 0 Å². The number of nitrogens with two attached hydrogens (primary N) is 1. The Labute approximate surface area is 104 Å². The molecule has 7 nitrogen and oxygen atoms in total. The highest BCUT2D eigenvalue weighted by Crippen LogP contribution is 2.16. The minimum absolute atomic E-state index is 0.0895. The summed E-state index contributed by atoms with van der Waals surface area (Å²) in [5, 5.41) is 2.31. The fourth-order valence-corrected chi connectivity index (χ4v) is 1.88. The SMILES string of the molecule is CCC1C(=O)NC(=O)CN1c1ncc(CN)cn1. The van der Waals surface area contributed by atoms with Crippen LogP contribution in [-0.2, 0) is 16.1 Å². The summed E-state index contributed by atoms with van der Waals surface area (Å²) in [6.07, 6.45) is 3.79. The van der Waals surface area contributed by atoms with E-state index in [0.717, 1.165) is 5.56 Å². The quantitative estimate of drug-likeness (QED) is 0.678. The molecule has 1 aliphatic rings. The van der Waals surface area contributed by atoms with E-state index in [1.54, 1.807) is 17.3 Å². The van der Waals surface area contributed by atoms with E-state index in [2.05, 4.69) is 15.3 Å². The molecule has 1 aromatic rings. The second kappa shape index (κ2) is 5.09. The number of hydrogen-bond acceptors (Lipinski definition) is 6. The molecule has 1 fully saturated rings. The Morgan fingerprint density at radius 3 is 2.67 bits per heavy atom. The molecule has 0 saturated carbocycles. The van der Waals surface area contributed by atoms with Crippen LogP contribution in [0.5, 0.6) is 0 Å². The van der Waals surface area contributed by atoms with Crippen molar-refractivity contribution >= 4 is 17.8 Å². The van der Waals surface area contributed by atoms with E-state index in [9.17, 15) is 9.59 Å². The minimum Gasteiger partial charge on any atom is -0.326 e. The van der Waals surface area contributed by atoms with E-state index in [-0.39, 0.29) is 18.4 Å². The van der Waals surface area contributed by atoms with Gasteiger partial charge in [-0.2, -0.15) is 0 Å². The van der Waals surface area contributed by atoms with Crippen LogP contribution < -0.4 is 16.0 Å². The lowest BCUT2D eigenvalue weighted by molar-refractivity contribution is -0.133. The molecule has 1 aromatic heterocycles. The van der Waals surface area contributed by atoms with Gasteiger partial charge in [0.2, 0.25) is 17.8 Å². The zero-order valence-corrected chi connectivity index (χ0v) is 10.1. The lowest BCUT2D eigenvalue weighted by Crippen LogP contribution is -2.58. The first-order valence-corrected chi connectivity index (χ1v) is 5.77. The van der Waals surface area contributed by atoms with Gasteiger partial charge in [0.05, 0.1) is 0 Å². The number of anilines is 1. The number of nitrogens with one attached hydrogen (secondary N) is 1. The summed E-state index contributed by atoms with van der Waals surface area (Å²) in [5.41, 5.74) is 6.27. The van der Waals surface area contributed by atoms with Gasteiger partial charge in [-0.15, -0.1) is 0 Å². The van der Waals surface area contributed by atoms with Crippen LogP contribution in [0.4, 0.5) is 5.95 Å².